The highest BCUT2D eigenvalue weighted by Crippen LogP contribution is 2.04. The summed E-state index contributed by atoms with van der Waals surface area (Å²) in [6, 6.07) is 8.00. The third kappa shape index (κ3) is 3.84. The molecule has 1 unspecified atom stereocenters. The number of anilines is 1. The average Bonchev–Trinajstić information content (AvgIpc) is 2.27. The minimum Gasteiger partial charge on any atom is -0.480 e. The van der Waals surface area contributed by atoms with Crippen LogP contribution in [0.3, 0.4) is 0 Å². The number of nitrogens with one attached hydrogen (secondary N) is 2. The zero-order valence-electron chi connectivity index (χ0n) is 8.38. The zero-order chi connectivity index (χ0) is 12.0. The van der Waals surface area contributed by atoms with Crippen molar-refractivity contribution >= 4 is 29.0 Å². The summed E-state index contributed by atoms with van der Waals surface area (Å²) in [7, 11) is 0. The summed E-state index contributed by atoms with van der Waals surface area (Å²) in [4.78, 5) is 10.6. The first-order chi connectivity index (χ1) is 7.63. The zero-order valence-corrected chi connectivity index (χ0v) is 9.20. The highest BCUT2D eigenvalue weighted by molar-refractivity contribution is 7.80. The maximum absolute atomic E-state index is 10.6. The Hall–Kier alpha value is -1.66. The van der Waals surface area contributed by atoms with Crippen molar-refractivity contribution in [3.63, 3.8) is 0 Å². The van der Waals surface area contributed by atoms with Gasteiger partial charge in [-0.25, -0.2) is 4.79 Å². The van der Waals surface area contributed by atoms with Gasteiger partial charge in [-0.2, -0.15) is 0 Å². The molecule has 0 aliphatic carbocycles. The lowest BCUT2D eigenvalue weighted by Crippen LogP contribution is -2.45. The number of hydrogen-bond donors (Lipinski definition) is 4. The van der Waals surface area contributed by atoms with E-state index >= 15 is 0 Å². The Morgan fingerprint density at radius 1 is 1.38 bits per heavy atom. The predicted octanol–water partition coefficient (Wildman–Crippen LogP) is 0.418. The van der Waals surface area contributed by atoms with Gasteiger partial charge in [-0.1, -0.05) is 18.2 Å². The Balaban J connectivity index is 2.50. The first kappa shape index (κ1) is 12.4. The lowest BCUT2D eigenvalue weighted by atomic mass is 10.3. The predicted molar refractivity (Wildman–Crippen MR) is 64.3 cm³/mol. The molecule has 5 nitrogen and oxygen atoms in total. The van der Waals surface area contributed by atoms with E-state index in [4.69, 9.17) is 22.4 Å². The summed E-state index contributed by atoms with van der Waals surface area (Å²) in [6.07, 6.45) is 0. The molecule has 0 amide bonds. The van der Waals surface area contributed by atoms with E-state index in [1.165, 1.54) is 0 Å². The van der Waals surface area contributed by atoms with Gasteiger partial charge in [-0.15, -0.1) is 0 Å². The monoisotopic (exact) mass is 240 g/mol. The maximum Gasteiger partial charge on any atom is 0.328 e. The molecule has 0 heterocycles. The van der Waals surface area contributed by atoms with E-state index in [0.29, 0.717) is 0 Å². The van der Waals surface area contributed by atoms with Crippen molar-refractivity contribution in [1.29, 1.82) is 0 Å². The van der Waals surface area contributed by atoms with E-state index in [-0.39, 0.29) is 5.11 Å². The summed E-state index contributed by atoms with van der Waals surface area (Å²) in [5.74, 6) is -1.15. The molecule has 1 rings (SSSR count). The molecular weight excluding hydrogens is 228 g/mol. The van der Waals surface area contributed by atoms with Crippen LogP contribution >= 0.6 is 12.2 Å². The third-order valence-corrected chi connectivity index (χ3v) is 2.04. The van der Waals surface area contributed by atoms with Crippen LogP contribution < -0.4 is 10.6 Å². The van der Waals surface area contributed by atoms with Crippen LogP contribution in [0.15, 0.2) is 30.3 Å². The summed E-state index contributed by atoms with van der Waals surface area (Å²) in [6.45, 7) is -0.522. The van der Waals surface area contributed by atoms with Gasteiger partial charge in [0.2, 0.25) is 0 Å². The molecule has 0 fully saturated rings. The molecule has 1 aromatic rings. The van der Waals surface area contributed by atoms with Crippen molar-refractivity contribution in [2.75, 3.05) is 11.9 Å². The van der Waals surface area contributed by atoms with Crippen molar-refractivity contribution in [2.24, 2.45) is 0 Å². The highest BCUT2D eigenvalue weighted by atomic mass is 32.1. The topological polar surface area (TPSA) is 81.6 Å². The first-order valence-corrected chi connectivity index (χ1v) is 5.00. The van der Waals surface area contributed by atoms with Gasteiger partial charge < -0.3 is 20.8 Å². The van der Waals surface area contributed by atoms with Gasteiger partial charge in [0, 0.05) is 5.69 Å². The molecule has 0 saturated carbocycles. The number of aliphatic hydroxyl groups excluding tert-OH is 1. The minimum atomic E-state index is -1.15. The Bertz CT molecular complexity index is 370. The molecule has 1 atom stereocenters. The highest BCUT2D eigenvalue weighted by Gasteiger charge is 2.16. The van der Waals surface area contributed by atoms with Gasteiger partial charge in [0.1, 0.15) is 6.04 Å². The van der Waals surface area contributed by atoms with Crippen molar-refractivity contribution in [2.45, 2.75) is 6.04 Å². The van der Waals surface area contributed by atoms with Crippen LogP contribution in [0.4, 0.5) is 5.69 Å². The molecule has 0 aliphatic rings. The number of carboxylic acids is 1. The van der Waals surface area contributed by atoms with Crippen molar-refractivity contribution in [3.8, 4) is 0 Å². The summed E-state index contributed by atoms with van der Waals surface area (Å²) in [5, 5.41) is 22.9. The summed E-state index contributed by atoms with van der Waals surface area (Å²) >= 11 is 4.90. The number of rotatable bonds is 4. The normalized spacial score (nSPS) is 11.6. The molecular formula is C10H12N2O3S. The van der Waals surface area contributed by atoms with Gasteiger partial charge in [0.25, 0.3) is 0 Å². The number of benzene rings is 1. The maximum atomic E-state index is 10.6. The lowest BCUT2D eigenvalue weighted by Gasteiger charge is -2.14. The minimum absolute atomic E-state index is 0.160. The second-order valence-corrected chi connectivity index (χ2v) is 3.45. The third-order valence-electron chi connectivity index (χ3n) is 1.82. The molecule has 1 aromatic carbocycles. The Morgan fingerprint density at radius 3 is 2.50 bits per heavy atom. The molecule has 16 heavy (non-hydrogen) atoms. The lowest BCUT2D eigenvalue weighted by molar-refractivity contribution is -0.139. The Morgan fingerprint density at radius 2 is 2.00 bits per heavy atom. The van der Waals surface area contributed by atoms with Crippen LogP contribution in [0, 0.1) is 0 Å². The molecule has 0 saturated heterocycles. The number of hydrogen-bond acceptors (Lipinski definition) is 3. The smallest absolute Gasteiger partial charge is 0.328 e. The molecule has 0 bridgehead atoms. The van der Waals surface area contributed by atoms with E-state index in [1.807, 2.05) is 18.2 Å². The molecule has 0 radical (unpaired) electrons. The van der Waals surface area contributed by atoms with Crippen LogP contribution in [0.25, 0.3) is 0 Å². The van der Waals surface area contributed by atoms with Crippen molar-refractivity contribution in [1.82, 2.24) is 5.32 Å². The number of thiocarbonyl (C=S) groups is 1. The van der Waals surface area contributed by atoms with E-state index in [2.05, 4.69) is 10.6 Å². The van der Waals surface area contributed by atoms with Crippen LogP contribution in [0.5, 0.6) is 0 Å². The number of carboxylic acid groups (broad SMARTS) is 1. The van der Waals surface area contributed by atoms with Gasteiger partial charge >= 0.3 is 5.97 Å². The van der Waals surface area contributed by atoms with Crippen LogP contribution in [-0.2, 0) is 4.79 Å². The van der Waals surface area contributed by atoms with Gasteiger partial charge in [-0.3, -0.25) is 0 Å². The number of carbonyl (C=O) groups is 1. The van der Waals surface area contributed by atoms with Crippen LogP contribution in [0.2, 0.25) is 0 Å². The molecule has 0 aromatic heterocycles. The molecule has 6 heteroatoms. The van der Waals surface area contributed by atoms with Crippen LogP contribution in [-0.4, -0.2) is 33.9 Å². The second-order valence-electron chi connectivity index (χ2n) is 3.04. The largest absolute Gasteiger partial charge is 0.480 e. The number of aliphatic carboxylic acids is 1. The molecule has 0 aliphatic heterocycles. The SMILES string of the molecule is O=C(O)C(CO)NC(=S)Nc1ccccc1. The van der Waals surface area contributed by atoms with E-state index in [1.54, 1.807) is 12.1 Å². The Labute approximate surface area is 98.1 Å². The fourth-order valence-corrected chi connectivity index (χ4v) is 1.29. The van der Waals surface area contributed by atoms with Gasteiger partial charge in [-0.05, 0) is 24.4 Å². The van der Waals surface area contributed by atoms with Gasteiger partial charge in [0.15, 0.2) is 5.11 Å². The number of aliphatic hydroxyl groups is 1. The summed E-state index contributed by atoms with van der Waals surface area (Å²) in [5.41, 5.74) is 0.752. The standard InChI is InChI=1S/C10H12N2O3S/c13-6-8(9(14)15)12-10(16)11-7-4-2-1-3-5-7/h1-5,8,13H,6H2,(H,14,15)(H2,11,12,16). The summed E-state index contributed by atoms with van der Waals surface area (Å²) < 4.78 is 0. The van der Waals surface area contributed by atoms with Crippen molar-refractivity contribution in [3.05, 3.63) is 30.3 Å². The second kappa shape index (κ2) is 6.04. The molecule has 0 spiro atoms. The fraction of sp³-hybridized carbons (Fsp3) is 0.200. The first-order valence-electron chi connectivity index (χ1n) is 4.59. The van der Waals surface area contributed by atoms with Crippen LogP contribution in [0.1, 0.15) is 0 Å². The molecule has 4 N–H and O–H groups in total. The quantitative estimate of drug-likeness (QED) is 0.571. The Kier molecular flexibility index (Phi) is 4.68. The van der Waals surface area contributed by atoms with E-state index in [9.17, 15) is 4.79 Å². The number of para-hydroxylation sites is 1. The fourth-order valence-electron chi connectivity index (χ4n) is 1.03. The van der Waals surface area contributed by atoms with Crippen molar-refractivity contribution < 1.29 is 15.0 Å². The van der Waals surface area contributed by atoms with Gasteiger partial charge in [0.05, 0.1) is 6.61 Å². The van der Waals surface area contributed by atoms with E-state index in [0.717, 1.165) is 5.69 Å². The average molecular weight is 240 g/mol. The molecule has 86 valence electrons. The van der Waals surface area contributed by atoms with E-state index < -0.39 is 18.6 Å².